The van der Waals surface area contributed by atoms with Gasteiger partial charge in [-0.3, -0.25) is 0 Å². The Labute approximate surface area is 88.7 Å². The van der Waals surface area contributed by atoms with Gasteiger partial charge in [-0.2, -0.15) is 5.26 Å². The van der Waals surface area contributed by atoms with E-state index in [0.29, 0.717) is 5.56 Å². The van der Waals surface area contributed by atoms with E-state index in [1.165, 1.54) is 0 Å². The summed E-state index contributed by atoms with van der Waals surface area (Å²) in [5, 5.41) is 13.3. The number of nitriles is 1. The highest BCUT2D eigenvalue weighted by Crippen LogP contribution is 2.24. The summed E-state index contributed by atoms with van der Waals surface area (Å²) in [4.78, 5) is 3.22. The highest BCUT2D eigenvalue weighted by Gasteiger charge is 2.09. The Bertz CT molecular complexity index is 505. The number of aromatic amines is 1. The van der Waals surface area contributed by atoms with Crippen LogP contribution >= 0.6 is 0 Å². The summed E-state index contributed by atoms with van der Waals surface area (Å²) in [6, 6.07) is 10.1. The summed E-state index contributed by atoms with van der Waals surface area (Å²) in [7, 11) is 0. The first-order valence-electron chi connectivity index (χ1n) is 5.11. The highest BCUT2D eigenvalue weighted by molar-refractivity contribution is 5.91. The predicted octanol–water partition coefficient (Wildman–Crippen LogP) is 2.86. The van der Waals surface area contributed by atoms with Crippen molar-refractivity contribution in [3.05, 3.63) is 29.8 Å². The molecule has 3 nitrogen and oxygen atoms in total. The molecule has 0 atom stereocenters. The molecule has 0 aliphatic rings. The topological polar surface area (TPSA) is 51.6 Å². The molecule has 1 aromatic heterocycles. The third-order valence-corrected chi connectivity index (χ3v) is 2.37. The van der Waals surface area contributed by atoms with Crippen LogP contribution in [0.3, 0.4) is 0 Å². The number of hydrogen-bond donors (Lipinski definition) is 2. The fraction of sp³-hybridized carbons (Fsp3) is 0.250. The molecule has 1 aromatic carbocycles. The van der Waals surface area contributed by atoms with Crippen LogP contribution in [0.5, 0.6) is 0 Å². The van der Waals surface area contributed by atoms with Crippen LogP contribution in [0.4, 0.5) is 5.82 Å². The zero-order valence-corrected chi connectivity index (χ0v) is 8.67. The molecule has 0 fully saturated rings. The first kappa shape index (κ1) is 9.60. The van der Waals surface area contributed by atoms with Gasteiger partial charge in [0.25, 0.3) is 0 Å². The largest absolute Gasteiger partial charge is 0.371 e. The van der Waals surface area contributed by atoms with Crippen molar-refractivity contribution in [3.8, 4) is 6.07 Å². The monoisotopic (exact) mass is 199 g/mol. The summed E-state index contributed by atoms with van der Waals surface area (Å²) in [6.45, 7) is 2.98. The summed E-state index contributed by atoms with van der Waals surface area (Å²) >= 11 is 0. The maximum absolute atomic E-state index is 9.09. The fourth-order valence-electron chi connectivity index (χ4n) is 1.64. The normalized spacial score (nSPS) is 10.1. The predicted molar refractivity (Wildman–Crippen MR) is 61.8 cm³/mol. The molecule has 3 heteroatoms. The van der Waals surface area contributed by atoms with Crippen molar-refractivity contribution in [1.82, 2.24) is 4.98 Å². The molecule has 0 amide bonds. The molecule has 0 saturated heterocycles. The molecular weight excluding hydrogens is 186 g/mol. The van der Waals surface area contributed by atoms with Crippen LogP contribution in [0.1, 0.15) is 18.9 Å². The highest BCUT2D eigenvalue weighted by atomic mass is 15.0. The summed E-state index contributed by atoms with van der Waals surface area (Å²) in [5.74, 6) is 0.834. The van der Waals surface area contributed by atoms with Crippen molar-refractivity contribution >= 4 is 16.7 Å². The number of nitrogens with one attached hydrogen (secondary N) is 2. The Kier molecular flexibility index (Phi) is 2.59. The molecule has 2 rings (SSSR count). The molecule has 2 N–H and O–H groups in total. The minimum Gasteiger partial charge on any atom is -0.371 e. The number of benzene rings is 1. The number of fused-ring (bicyclic) bond motifs is 1. The first-order chi connectivity index (χ1) is 7.36. The Balaban J connectivity index is 2.50. The SMILES string of the molecule is CCCNc1[nH]c2ccccc2c1C#N. The standard InChI is InChI=1S/C12H13N3/c1-2-7-14-12-10(8-13)9-5-3-4-6-11(9)15-12/h3-6,14-15H,2,7H2,1H3. The van der Waals surface area contributed by atoms with Crippen molar-refractivity contribution in [2.75, 3.05) is 11.9 Å². The van der Waals surface area contributed by atoms with Crippen LogP contribution in [0, 0.1) is 11.3 Å². The van der Waals surface area contributed by atoms with E-state index >= 15 is 0 Å². The van der Waals surface area contributed by atoms with E-state index in [4.69, 9.17) is 5.26 Å². The van der Waals surface area contributed by atoms with Crippen molar-refractivity contribution in [2.45, 2.75) is 13.3 Å². The molecule has 0 unspecified atom stereocenters. The Morgan fingerprint density at radius 1 is 1.40 bits per heavy atom. The van der Waals surface area contributed by atoms with Gasteiger partial charge in [-0.25, -0.2) is 0 Å². The second-order valence-corrected chi connectivity index (χ2v) is 3.46. The third kappa shape index (κ3) is 1.66. The van der Waals surface area contributed by atoms with Gasteiger partial charge in [0.05, 0.1) is 0 Å². The number of para-hydroxylation sites is 1. The number of nitrogens with zero attached hydrogens (tertiary/aromatic N) is 1. The minimum absolute atomic E-state index is 0.707. The average molecular weight is 199 g/mol. The van der Waals surface area contributed by atoms with Gasteiger partial charge in [-0.05, 0) is 12.5 Å². The molecule has 0 spiro atoms. The third-order valence-electron chi connectivity index (χ3n) is 2.37. The maximum atomic E-state index is 9.09. The van der Waals surface area contributed by atoms with Gasteiger partial charge in [-0.15, -0.1) is 0 Å². The van der Waals surface area contributed by atoms with E-state index in [2.05, 4.69) is 23.3 Å². The summed E-state index contributed by atoms with van der Waals surface area (Å²) in [5.41, 5.74) is 1.71. The van der Waals surface area contributed by atoms with Crippen molar-refractivity contribution in [1.29, 1.82) is 5.26 Å². The van der Waals surface area contributed by atoms with E-state index < -0.39 is 0 Å². The van der Waals surface area contributed by atoms with Crippen molar-refractivity contribution in [3.63, 3.8) is 0 Å². The van der Waals surface area contributed by atoms with Gasteiger partial charge in [0.2, 0.25) is 0 Å². The first-order valence-corrected chi connectivity index (χ1v) is 5.11. The van der Waals surface area contributed by atoms with Gasteiger partial charge < -0.3 is 10.3 Å². The number of anilines is 1. The second-order valence-electron chi connectivity index (χ2n) is 3.46. The molecule has 0 radical (unpaired) electrons. The number of H-pyrrole nitrogens is 1. The van der Waals surface area contributed by atoms with Crippen molar-refractivity contribution in [2.24, 2.45) is 0 Å². The van der Waals surface area contributed by atoms with Crippen LogP contribution in [-0.2, 0) is 0 Å². The lowest BCUT2D eigenvalue weighted by Crippen LogP contribution is -2.01. The average Bonchev–Trinajstić information content (AvgIpc) is 2.63. The summed E-state index contributed by atoms with van der Waals surface area (Å²) < 4.78 is 0. The lowest BCUT2D eigenvalue weighted by Gasteiger charge is -2.00. The Morgan fingerprint density at radius 3 is 2.93 bits per heavy atom. The van der Waals surface area contributed by atoms with Crippen LogP contribution < -0.4 is 5.32 Å². The lowest BCUT2D eigenvalue weighted by atomic mass is 10.2. The van der Waals surface area contributed by atoms with Gasteiger partial charge in [0.1, 0.15) is 17.5 Å². The van der Waals surface area contributed by atoms with E-state index in [-0.39, 0.29) is 0 Å². The van der Waals surface area contributed by atoms with Gasteiger partial charge in [0, 0.05) is 17.4 Å². The zero-order valence-electron chi connectivity index (χ0n) is 8.67. The zero-order chi connectivity index (χ0) is 10.7. The van der Waals surface area contributed by atoms with Gasteiger partial charge >= 0.3 is 0 Å². The number of rotatable bonds is 3. The lowest BCUT2D eigenvalue weighted by molar-refractivity contribution is 0.972. The van der Waals surface area contributed by atoms with E-state index in [1.807, 2.05) is 24.3 Å². The van der Waals surface area contributed by atoms with E-state index in [0.717, 1.165) is 29.7 Å². The number of aromatic nitrogens is 1. The molecule has 1 heterocycles. The smallest absolute Gasteiger partial charge is 0.122 e. The van der Waals surface area contributed by atoms with Crippen LogP contribution in [0.25, 0.3) is 10.9 Å². The van der Waals surface area contributed by atoms with Gasteiger partial charge in [0.15, 0.2) is 0 Å². The van der Waals surface area contributed by atoms with Crippen LogP contribution in [0.15, 0.2) is 24.3 Å². The molecule has 0 aliphatic carbocycles. The van der Waals surface area contributed by atoms with E-state index in [9.17, 15) is 0 Å². The second kappa shape index (κ2) is 4.05. The maximum Gasteiger partial charge on any atom is 0.122 e. The minimum atomic E-state index is 0.707. The summed E-state index contributed by atoms with van der Waals surface area (Å²) in [6.07, 6.45) is 1.04. The van der Waals surface area contributed by atoms with Crippen molar-refractivity contribution < 1.29 is 0 Å². The van der Waals surface area contributed by atoms with Gasteiger partial charge in [-0.1, -0.05) is 25.1 Å². The molecule has 2 aromatic rings. The fourth-order valence-corrected chi connectivity index (χ4v) is 1.64. The molecule has 76 valence electrons. The molecule has 0 aliphatic heterocycles. The molecule has 15 heavy (non-hydrogen) atoms. The molecular formula is C12H13N3. The van der Waals surface area contributed by atoms with Crippen LogP contribution in [-0.4, -0.2) is 11.5 Å². The Morgan fingerprint density at radius 2 is 2.20 bits per heavy atom. The Hall–Kier alpha value is -1.95. The molecule has 0 bridgehead atoms. The quantitative estimate of drug-likeness (QED) is 0.798. The number of hydrogen-bond acceptors (Lipinski definition) is 2. The molecule has 0 saturated carbocycles. The van der Waals surface area contributed by atoms with E-state index in [1.54, 1.807) is 0 Å². The van der Waals surface area contributed by atoms with Crippen LogP contribution in [0.2, 0.25) is 0 Å².